The number of aromatic hydroxyl groups is 1. The average molecular weight is 916 g/mol. The van der Waals surface area contributed by atoms with Gasteiger partial charge in [0, 0.05) is 73.8 Å². The number of ketones is 1. The van der Waals surface area contributed by atoms with Gasteiger partial charge >= 0.3 is 11.8 Å². The van der Waals surface area contributed by atoms with Gasteiger partial charge in [-0.3, -0.25) is 19.2 Å². The van der Waals surface area contributed by atoms with Gasteiger partial charge < -0.3 is 58.4 Å². The molecule has 6 rings (SSSR count). The number of nitrogens with zero attached hydrogens (tertiary/aromatic N) is 2. The van der Waals surface area contributed by atoms with Gasteiger partial charge in [0.25, 0.3) is 11.7 Å². The Morgan fingerprint density at radius 2 is 1.70 bits per heavy atom. The first-order chi connectivity index (χ1) is 31.2. The summed E-state index contributed by atoms with van der Waals surface area (Å²) < 4.78 is 41.9. The van der Waals surface area contributed by atoms with Crippen LogP contribution in [0.25, 0.3) is 33.0 Å². The molecule has 0 radical (unpaired) electrons. The van der Waals surface area contributed by atoms with Crippen molar-refractivity contribution in [2.45, 2.75) is 85.6 Å². The topological polar surface area (TPSA) is 226 Å². The first kappa shape index (κ1) is 49.6. The Balaban J connectivity index is 1.53. The number of aliphatic hydroxyl groups is 2. The Labute approximate surface area is 382 Å². The molecular formula is C49H61N3O14. The molecule has 3 aromatic carbocycles. The van der Waals surface area contributed by atoms with E-state index in [1.807, 2.05) is 19.0 Å². The highest BCUT2D eigenvalue weighted by Gasteiger charge is 2.49. The fourth-order valence-corrected chi connectivity index (χ4v) is 8.44. The number of phenols is 1. The van der Waals surface area contributed by atoms with E-state index in [0.29, 0.717) is 24.5 Å². The smallest absolute Gasteiger partial charge is 0.312 e. The second-order valence-corrected chi connectivity index (χ2v) is 17.6. The monoisotopic (exact) mass is 915 g/mol. The number of esters is 1. The van der Waals surface area contributed by atoms with Crippen LogP contribution in [0.5, 0.6) is 17.2 Å². The van der Waals surface area contributed by atoms with Crippen molar-refractivity contribution in [3.05, 3.63) is 75.7 Å². The lowest BCUT2D eigenvalue weighted by Crippen LogP contribution is -2.46. The summed E-state index contributed by atoms with van der Waals surface area (Å²) in [6.07, 6.45) is 3.56. The number of rotatable bonds is 9. The van der Waals surface area contributed by atoms with E-state index in [0.717, 1.165) is 6.54 Å². The number of carbonyl (C=O) groups is 3. The Hall–Kier alpha value is -5.85. The summed E-state index contributed by atoms with van der Waals surface area (Å²) in [5.41, 5.74) is -0.644. The molecule has 356 valence electrons. The van der Waals surface area contributed by atoms with Crippen molar-refractivity contribution in [3.63, 3.8) is 0 Å². The van der Waals surface area contributed by atoms with Crippen molar-refractivity contribution >= 4 is 56.3 Å². The Morgan fingerprint density at radius 1 is 0.970 bits per heavy atom. The number of fused-ring (bicyclic) bond motifs is 2. The molecule has 17 nitrogen and oxygen atoms in total. The number of Topliss-reactive ketones (excluding diaryl/α,β-unsaturated/α-hetero) is 1. The van der Waals surface area contributed by atoms with Crippen molar-refractivity contribution in [2.24, 2.45) is 23.7 Å². The summed E-state index contributed by atoms with van der Waals surface area (Å²) in [6.45, 7) is 14.4. The van der Waals surface area contributed by atoms with E-state index >= 15 is 0 Å². The maximum Gasteiger partial charge on any atom is 0.312 e. The van der Waals surface area contributed by atoms with Gasteiger partial charge in [-0.15, -0.1) is 0 Å². The lowest BCUT2D eigenvalue weighted by molar-refractivity contribution is -0.160. The molecule has 9 atom stereocenters. The number of benzene rings is 3. The summed E-state index contributed by atoms with van der Waals surface area (Å²) in [6, 6.07) is 4.90. The summed E-state index contributed by atoms with van der Waals surface area (Å²) >= 11 is 0. The van der Waals surface area contributed by atoms with Gasteiger partial charge in [-0.05, 0) is 46.2 Å². The van der Waals surface area contributed by atoms with Crippen molar-refractivity contribution in [2.75, 3.05) is 52.9 Å². The predicted octanol–water partition coefficient (Wildman–Crippen LogP) is 5.95. The van der Waals surface area contributed by atoms with E-state index in [2.05, 4.69) is 5.32 Å². The molecule has 1 amide bonds. The third-order valence-electron chi connectivity index (χ3n) is 12.5. The minimum Gasteiger partial charge on any atom is -0.505 e. The van der Waals surface area contributed by atoms with Gasteiger partial charge in [-0.1, -0.05) is 45.9 Å². The number of nitrogens with one attached hydrogen (secondary N) is 1. The number of phenolic OH excluding ortho intramolecular Hbond substituents is 1. The molecule has 0 saturated carbocycles. The Morgan fingerprint density at radius 3 is 2.38 bits per heavy atom. The summed E-state index contributed by atoms with van der Waals surface area (Å²) in [4.78, 5) is 62.3. The van der Waals surface area contributed by atoms with E-state index in [-0.39, 0.29) is 62.2 Å². The minimum atomic E-state index is -2.05. The first-order valence-electron chi connectivity index (χ1n) is 22.0. The van der Waals surface area contributed by atoms with Crippen molar-refractivity contribution in [1.82, 2.24) is 9.88 Å². The molecule has 0 spiro atoms. The zero-order chi connectivity index (χ0) is 48.4. The first-order valence-corrected chi connectivity index (χ1v) is 22.0. The second kappa shape index (κ2) is 20.3. The molecule has 1 aromatic heterocycles. The maximum atomic E-state index is 14.7. The zero-order valence-electron chi connectivity index (χ0n) is 39.3. The summed E-state index contributed by atoms with van der Waals surface area (Å²) in [5, 5.41) is 37.4. The van der Waals surface area contributed by atoms with Gasteiger partial charge in [0.2, 0.25) is 0 Å². The molecule has 3 heterocycles. The van der Waals surface area contributed by atoms with Crippen LogP contribution in [0.2, 0.25) is 0 Å². The number of methoxy groups -OCH3 is 1. The molecule has 4 aromatic rings. The van der Waals surface area contributed by atoms with Gasteiger partial charge in [0.05, 0.1) is 48.7 Å². The van der Waals surface area contributed by atoms with Crippen LogP contribution in [0.4, 0.5) is 5.69 Å². The highest BCUT2D eigenvalue weighted by Crippen LogP contribution is 2.48. The van der Waals surface area contributed by atoms with E-state index in [4.69, 9.17) is 37.8 Å². The largest absolute Gasteiger partial charge is 0.505 e. The van der Waals surface area contributed by atoms with Crippen LogP contribution in [-0.4, -0.2) is 121 Å². The van der Waals surface area contributed by atoms with Crippen LogP contribution in [0, 0.1) is 30.6 Å². The number of aromatic nitrogens is 1. The summed E-state index contributed by atoms with van der Waals surface area (Å²) in [7, 11) is 5.34. The zero-order valence-corrected chi connectivity index (χ0v) is 39.3. The van der Waals surface area contributed by atoms with Crippen molar-refractivity contribution in [1.29, 1.82) is 0 Å². The third kappa shape index (κ3) is 9.95. The summed E-state index contributed by atoms with van der Waals surface area (Å²) in [5.74, 6) is -6.92. The van der Waals surface area contributed by atoms with Gasteiger partial charge in [0.1, 0.15) is 40.9 Å². The third-order valence-corrected chi connectivity index (χ3v) is 12.5. The van der Waals surface area contributed by atoms with Gasteiger partial charge in [0.15, 0.2) is 22.3 Å². The molecule has 4 bridgehead atoms. The van der Waals surface area contributed by atoms with E-state index in [1.165, 1.54) is 53.2 Å². The number of hydrogen-bond donors (Lipinski definition) is 4. The average Bonchev–Trinajstić information content (AvgIpc) is 3.54. The number of anilines is 1. The molecule has 0 aliphatic carbocycles. The molecule has 66 heavy (non-hydrogen) atoms. The van der Waals surface area contributed by atoms with Crippen LogP contribution in [0.3, 0.4) is 0 Å². The maximum absolute atomic E-state index is 14.7. The van der Waals surface area contributed by atoms with Crippen LogP contribution < -0.4 is 20.2 Å². The number of amides is 1. The lowest BCUT2D eigenvalue weighted by Gasteiger charge is -2.38. The van der Waals surface area contributed by atoms with Gasteiger partial charge in [-0.2, -0.15) is 0 Å². The van der Waals surface area contributed by atoms with Crippen molar-refractivity contribution < 1.29 is 62.5 Å². The molecule has 0 saturated heterocycles. The minimum absolute atomic E-state index is 0.0169. The standard InChI is InChI=1S/C49H61N3O14/c1-24-13-12-14-25(2)48(59)51-39-43(57)36-35(38-46(39)65-34-23-31(15-16-32(34)50-38)62-22-21-61-20-18-52(9)10)37-45(29(6)42(36)56)66-49(8,47(37)58)63-19-17-33(60-11)26(3)44(64-30(7)53)28(5)41(55)27(4)40(24)54/h12-17,19,23-24,26-28,33,40-41,44,54-55,57H,18,20-22H2,1-11H3,(H,51,59)/b13-12+,19-17+,25-14-/t24-,26+,27+,28+,33-,40-,41+,44+,49-/m0/s1. The molecular weight excluding hydrogens is 855 g/mol. The number of carbonyl (C=O) groups excluding carboxylic acids is 3. The molecule has 2 aliphatic heterocycles. The fourth-order valence-electron chi connectivity index (χ4n) is 8.44. The molecule has 4 N–H and O–H groups in total. The van der Waals surface area contributed by atoms with Crippen molar-refractivity contribution in [3.8, 4) is 17.2 Å². The highest BCUT2D eigenvalue weighted by atomic mass is 16.7. The van der Waals surface area contributed by atoms with E-state index in [1.54, 1.807) is 58.0 Å². The van der Waals surface area contributed by atoms with Crippen LogP contribution in [0.1, 0.15) is 64.4 Å². The Kier molecular flexibility index (Phi) is 15.3. The normalized spacial score (nSPS) is 28.2. The fraction of sp³-hybridized carbons (Fsp3) is 0.490. The van der Waals surface area contributed by atoms with E-state index < -0.39 is 82.7 Å². The number of allylic oxidation sites excluding steroid dienone is 2. The molecule has 17 heteroatoms. The molecule has 2 aliphatic rings. The number of likely N-dealkylation sites (N-methyl/N-ethyl adjacent to an activating group) is 1. The van der Waals surface area contributed by atoms with E-state index in [9.17, 15) is 34.5 Å². The van der Waals surface area contributed by atoms with Crippen LogP contribution in [0.15, 0.2) is 63.6 Å². The number of hydrogen-bond acceptors (Lipinski definition) is 16. The molecule has 0 unspecified atom stereocenters. The highest BCUT2D eigenvalue weighted by molar-refractivity contribution is 6.26. The lowest BCUT2D eigenvalue weighted by atomic mass is 9.78. The number of aliphatic hydroxyl groups excluding tert-OH is 2. The Bertz CT molecular complexity index is 2650. The SMILES string of the molecule is CO[C@H]1/C=C/O[C@@]2(C)Oc3c(C)c(=O)c4c(O)c(c5oc6cc(OCCOCCN(C)C)ccc6nc5c4c3C2=O)NC(=O)/C(C)=C\C=C\[C@H](C)[C@H](O)[C@@H](C)[C@@H](O)[C@@H](C)[C@H](OC(C)=O)[C@@H]1C. The second-order valence-electron chi connectivity index (χ2n) is 17.6. The number of ether oxygens (including phenoxy) is 6. The van der Waals surface area contributed by atoms with Crippen LogP contribution in [-0.2, 0) is 28.5 Å². The van der Waals surface area contributed by atoms with Crippen LogP contribution >= 0.6 is 0 Å². The van der Waals surface area contributed by atoms with Gasteiger partial charge in [-0.25, -0.2) is 4.98 Å². The quantitative estimate of drug-likeness (QED) is 0.0500. The molecule has 0 fully saturated rings. The predicted molar refractivity (Wildman–Crippen MR) is 247 cm³/mol.